The molecule has 1 atom stereocenters. The number of nitrogens with one attached hydrogen (secondary N) is 1. The number of nitrogens with zero attached hydrogens (tertiary/aromatic N) is 1. The van der Waals surface area contributed by atoms with Crippen LogP contribution in [0.2, 0.25) is 0 Å². The van der Waals surface area contributed by atoms with Crippen LogP contribution in [0.1, 0.15) is 44.6 Å². The van der Waals surface area contributed by atoms with Gasteiger partial charge in [0.2, 0.25) is 15.9 Å². The van der Waals surface area contributed by atoms with E-state index in [1.807, 2.05) is 19.1 Å². The van der Waals surface area contributed by atoms with E-state index >= 15 is 0 Å². The summed E-state index contributed by atoms with van der Waals surface area (Å²) in [6.45, 7) is 3.76. The van der Waals surface area contributed by atoms with E-state index in [0.717, 1.165) is 11.3 Å². The van der Waals surface area contributed by atoms with Crippen molar-refractivity contribution < 1.29 is 13.2 Å². The van der Waals surface area contributed by atoms with Gasteiger partial charge in [-0.25, -0.2) is 8.42 Å². The highest BCUT2D eigenvalue weighted by Gasteiger charge is 2.50. The lowest BCUT2D eigenvalue weighted by Crippen LogP contribution is -2.32. The molecule has 1 aliphatic carbocycles. The van der Waals surface area contributed by atoms with Gasteiger partial charge in [-0.2, -0.15) is 0 Å². The van der Waals surface area contributed by atoms with Gasteiger partial charge in [-0.15, -0.1) is 0 Å². The van der Waals surface area contributed by atoms with E-state index < -0.39 is 14.8 Å². The third-order valence-corrected chi connectivity index (χ3v) is 6.84. The summed E-state index contributed by atoms with van der Waals surface area (Å²) in [6.07, 6.45) is 1.87. The third kappa shape index (κ3) is 2.31. The van der Waals surface area contributed by atoms with Gasteiger partial charge in [0.1, 0.15) is 0 Å². The number of hydrogen-bond acceptors (Lipinski definition) is 3. The summed E-state index contributed by atoms with van der Waals surface area (Å²) in [7, 11) is -1.59. The highest BCUT2D eigenvalue weighted by atomic mass is 32.2. The molecule has 1 amide bonds. The van der Waals surface area contributed by atoms with Crippen LogP contribution in [0.5, 0.6) is 0 Å². The number of carbonyl (C=O) groups excluding carboxylic acids is 1. The zero-order valence-corrected chi connectivity index (χ0v) is 13.3. The predicted molar refractivity (Wildman–Crippen MR) is 83.1 cm³/mol. The summed E-state index contributed by atoms with van der Waals surface area (Å²) >= 11 is 0. The monoisotopic (exact) mass is 308 g/mol. The molecule has 0 spiro atoms. The lowest BCUT2D eigenvalue weighted by Gasteiger charge is -2.30. The fourth-order valence-corrected chi connectivity index (χ4v) is 4.01. The van der Waals surface area contributed by atoms with Crippen LogP contribution >= 0.6 is 0 Å². The Morgan fingerprint density at radius 3 is 2.62 bits per heavy atom. The Morgan fingerprint density at radius 1 is 1.33 bits per heavy atom. The van der Waals surface area contributed by atoms with Crippen LogP contribution < -0.4 is 9.62 Å². The Balaban J connectivity index is 1.93. The first-order chi connectivity index (χ1) is 9.73. The smallest absolute Gasteiger partial charge is 0.238 e. The Morgan fingerprint density at radius 2 is 2.00 bits per heavy atom. The number of hydrogen-bond donors (Lipinski definition) is 1. The molecule has 1 N–H and O–H groups in total. The number of fused-ring (bicyclic) bond motifs is 1. The molecule has 1 fully saturated rings. The number of rotatable bonds is 3. The molecule has 3 rings (SSSR count). The topological polar surface area (TPSA) is 66.5 Å². The SMILES string of the molecule is CC1CC(=O)N(C)c2ccc(NS(=O)(=O)C3(C)CC3)cc21. The molecule has 1 heterocycles. The minimum atomic E-state index is -3.34. The quantitative estimate of drug-likeness (QED) is 0.932. The second-order valence-electron chi connectivity index (χ2n) is 6.39. The standard InChI is InChI=1S/C15H20N2O3S/c1-10-8-14(18)17(3)13-5-4-11(9-12(10)13)16-21(19,20)15(2)6-7-15/h4-5,9-10,16H,6-8H2,1-3H3. The van der Waals surface area contributed by atoms with Crippen LogP contribution in [-0.4, -0.2) is 26.1 Å². The first-order valence-electron chi connectivity index (χ1n) is 7.16. The second-order valence-corrected chi connectivity index (χ2v) is 8.58. The van der Waals surface area contributed by atoms with Crippen LogP contribution in [0.3, 0.4) is 0 Å². The van der Waals surface area contributed by atoms with Gasteiger partial charge in [-0.05, 0) is 49.4 Å². The van der Waals surface area contributed by atoms with E-state index in [9.17, 15) is 13.2 Å². The summed E-state index contributed by atoms with van der Waals surface area (Å²) < 4.78 is 26.6. The molecule has 0 aromatic heterocycles. The van der Waals surface area contributed by atoms with Gasteiger partial charge >= 0.3 is 0 Å². The molecule has 114 valence electrons. The van der Waals surface area contributed by atoms with Gasteiger partial charge in [0, 0.05) is 24.8 Å². The van der Waals surface area contributed by atoms with Crippen molar-refractivity contribution in [2.45, 2.75) is 43.8 Å². The minimum Gasteiger partial charge on any atom is -0.315 e. The molecule has 0 saturated heterocycles. The second kappa shape index (κ2) is 4.47. The molecule has 1 saturated carbocycles. The molecule has 1 aromatic rings. The van der Waals surface area contributed by atoms with Gasteiger partial charge in [-0.3, -0.25) is 9.52 Å². The van der Waals surface area contributed by atoms with Crippen LogP contribution in [0.15, 0.2) is 18.2 Å². The average Bonchev–Trinajstić information content (AvgIpc) is 3.16. The van der Waals surface area contributed by atoms with Crippen molar-refractivity contribution in [1.82, 2.24) is 0 Å². The molecule has 1 unspecified atom stereocenters. The number of sulfonamides is 1. The van der Waals surface area contributed by atoms with Gasteiger partial charge in [0.05, 0.1) is 4.75 Å². The summed E-state index contributed by atoms with van der Waals surface area (Å²) in [4.78, 5) is 13.5. The summed E-state index contributed by atoms with van der Waals surface area (Å²) in [5.74, 6) is 0.193. The van der Waals surface area contributed by atoms with Gasteiger partial charge in [0.25, 0.3) is 0 Å². The fraction of sp³-hybridized carbons (Fsp3) is 0.533. The zero-order chi connectivity index (χ0) is 15.4. The van der Waals surface area contributed by atoms with Crippen molar-refractivity contribution in [1.29, 1.82) is 0 Å². The molecule has 1 aliphatic heterocycles. The lowest BCUT2D eigenvalue weighted by molar-refractivity contribution is -0.119. The van der Waals surface area contributed by atoms with Crippen molar-refractivity contribution in [2.24, 2.45) is 0 Å². The van der Waals surface area contributed by atoms with E-state index in [-0.39, 0.29) is 11.8 Å². The number of amides is 1. The first kappa shape index (κ1) is 14.4. The van der Waals surface area contributed by atoms with Gasteiger partial charge in [-0.1, -0.05) is 6.92 Å². The zero-order valence-electron chi connectivity index (χ0n) is 12.5. The third-order valence-electron chi connectivity index (χ3n) is 4.63. The highest BCUT2D eigenvalue weighted by molar-refractivity contribution is 7.94. The predicted octanol–water partition coefficient (Wildman–Crippen LogP) is 2.45. The van der Waals surface area contributed by atoms with E-state index in [4.69, 9.17) is 0 Å². The van der Waals surface area contributed by atoms with E-state index in [1.54, 1.807) is 24.9 Å². The maximum atomic E-state index is 12.3. The molecule has 5 nitrogen and oxygen atoms in total. The van der Waals surface area contributed by atoms with Gasteiger partial charge < -0.3 is 4.90 Å². The first-order valence-corrected chi connectivity index (χ1v) is 8.65. The normalized spacial score (nSPS) is 23.7. The molecular weight excluding hydrogens is 288 g/mol. The summed E-state index contributed by atoms with van der Waals surface area (Å²) in [6, 6.07) is 5.39. The lowest BCUT2D eigenvalue weighted by atomic mass is 9.91. The molecule has 0 bridgehead atoms. The largest absolute Gasteiger partial charge is 0.315 e. The average molecular weight is 308 g/mol. The Hall–Kier alpha value is -1.56. The molecule has 21 heavy (non-hydrogen) atoms. The van der Waals surface area contributed by atoms with E-state index in [2.05, 4.69) is 4.72 Å². The van der Waals surface area contributed by atoms with E-state index in [0.29, 0.717) is 24.9 Å². The molecule has 1 aromatic carbocycles. The minimum absolute atomic E-state index is 0.0915. The van der Waals surface area contributed by atoms with Crippen LogP contribution in [0.4, 0.5) is 11.4 Å². The summed E-state index contributed by atoms with van der Waals surface area (Å²) in [5, 5.41) is 0. The van der Waals surface area contributed by atoms with Gasteiger partial charge in [0.15, 0.2) is 0 Å². The maximum absolute atomic E-state index is 12.3. The fourth-order valence-electron chi connectivity index (χ4n) is 2.68. The van der Waals surface area contributed by atoms with Crippen molar-refractivity contribution in [3.05, 3.63) is 23.8 Å². The van der Waals surface area contributed by atoms with E-state index in [1.165, 1.54) is 0 Å². The van der Waals surface area contributed by atoms with Crippen LogP contribution in [0, 0.1) is 0 Å². The molecular formula is C15H20N2O3S. The Labute approximate surface area is 125 Å². The number of benzene rings is 1. The Bertz CT molecular complexity index is 708. The van der Waals surface area contributed by atoms with Crippen molar-refractivity contribution in [3.63, 3.8) is 0 Å². The number of anilines is 2. The molecule has 2 aliphatic rings. The summed E-state index contributed by atoms with van der Waals surface area (Å²) in [5.41, 5.74) is 2.45. The number of carbonyl (C=O) groups is 1. The molecule has 6 heteroatoms. The van der Waals surface area contributed by atoms with Crippen LogP contribution in [0.25, 0.3) is 0 Å². The van der Waals surface area contributed by atoms with Crippen LogP contribution in [-0.2, 0) is 14.8 Å². The highest BCUT2D eigenvalue weighted by Crippen LogP contribution is 2.44. The van der Waals surface area contributed by atoms with Crippen molar-refractivity contribution in [3.8, 4) is 0 Å². The molecule has 0 radical (unpaired) electrons. The Kier molecular flexibility index (Phi) is 3.06. The van der Waals surface area contributed by atoms with Crippen molar-refractivity contribution >= 4 is 27.3 Å². The maximum Gasteiger partial charge on any atom is 0.238 e. The van der Waals surface area contributed by atoms with Crippen molar-refractivity contribution in [2.75, 3.05) is 16.7 Å².